The Labute approximate surface area is 193 Å². The number of rotatable bonds is 4. The lowest BCUT2D eigenvalue weighted by Gasteiger charge is -2.53. The number of pyridine rings is 1. The van der Waals surface area contributed by atoms with Gasteiger partial charge in [0.25, 0.3) is 11.8 Å². The first-order chi connectivity index (χ1) is 15.9. The molecule has 3 aromatic rings. The number of nitrogens with one attached hydrogen (secondary N) is 1. The first-order valence-electron chi connectivity index (χ1n) is 11.5. The number of aryl methyl sites for hydroxylation is 2. The molecule has 1 saturated heterocycles. The van der Waals surface area contributed by atoms with E-state index in [4.69, 9.17) is 9.15 Å². The van der Waals surface area contributed by atoms with E-state index < -0.39 is 0 Å². The summed E-state index contributed by atoms with van der Waals surface area (Å²) in [5.74, 6) is 0.415. The van der Waals surface area contributed by atoms with Crippen molar-refractivity contribution in [2.75, 3.05) is 20.2 Å². The summed E-state index contributed by atoms with van der Waals surface area (Å²) in [7, 11) is 1.56. The zero-order valence-corrected chi connectivity index (χ0v) is 19.3. The van der Waals surface area contributed by atoms with Crippen LogP contribution in [0.5, 0.6) is 5.88 Å². The number of hydrogen-bond donors (Lipinski definition) is 1. The Morgan fingerprint density at radius 3 is 2.64 bits per heavy atom. The highest BCUT2D eigenvalue weighted by atomic mass is 16.5. The molecule has 0 radical (unpaired) electrons. The summed E-state index contributed by atoms with van der Waals surface area (Å²) in [5, 5.41) is 4.04. The van der Waals surface area contributed by atoms with Crippen LogP contribution in [0, 0.1) is 19.3 Å². The Morgan fingerprint density at radius 1 is 1.15 bits per heavy atom. The maximum atomic E-state index is 12.9. The molecule has 1 aliphatic heterocycles. The third-order valence-electron chi connectivity index (χ3n) is 7.08. The van der Waals surface area contributed by atoms with Gasteiger partial charge in [0.05, 0.1) is 12.7 Å². The van der Waals surface area contributed by atoms with Crippen molar-refractivity contribution < 1.29 is 18.7 Å². The summed E-state index contributed by atoms with van der Waals surface area (Å²) >= 11 is 0. The fourth-order valence-electron chi connectivity index (χ4n) is 5.22. The lowest BCUT2D eigenvalue weighted by atomic mass is 9.67. The van der Waals surface area contributed by atoms with Crippen LogP contribution in [0.2, 0.25) is 0 Å². The number of amides is 2. The van der Waals surface area contributed by atoms with Gasteiger partial charge in [-0.25, -0.2) is 4.98 Å². The van der Waals surface area contributed by atoms with Gasteiger partial charge in [0.15, 0.2) is 0 Å². The van der Waals surface area contributed by atoms with Crippen LogP contribution < -0.4 is 10.1 Å². The van der Waals surface area contributed by atoms with Crippen molar-refractivity contribution in [3.8, 4) is 5.88 Å². The van der Waals surface area contributed by atoms with Gasteiger partial charge in [-0.3, -0.25) is 9.59 Å². The summed E-state index contributed by atoms with van der Waals surface area (Å²) in [6.07, 6.45) is 5.40. The summed E-state index contributed by atoms with van der Waals surface area (Å²) in [4.78, 5) is 31.9. The molecule has 0 atom stereocenters. The second-order valence-corrected chi connectivity index (χ2v) is 9.60. The summed E-state index contributed by atoms with van der Waals surface area (Å²) in [5.41, 5.74) is 4.00. The molecule has 1 aromatic carbocycles. The average Bonchev–Trinajstić information content (AvgIpc) is 3.20. The predicted octanol–water partition coefficient (Wildman–Crippen LogP) is 4.27. The standard InChI is InChI=1S/C26H29N3O4/c1-16-4-5-20-21(13-33-22(20)10-16)24(30)28-19-6-8-26(9-7-19)14-29(15-26)25(31)18-11-17(2)27-23(12-18)32-3/h4-5,10-13,19H,6-9,14-15H2,1-3H3,(H,28,30). The first-order valence-corrected chi connectivity index (χ1v) is 11.5. The highest BCUT2D eigenvalue weighted by Crippen LogP contribution is 2.44. The second kappa shape index (κ2) is 8.21. The number of ether oxygens (including phenoxy) is 1. The SMILES string of the molecule is COc1cc(C(=O)N2CC3(CCC(NC(=O)c4coc5cc(C)ccc45)CC3)C2)cc(C)n1. The van der Waals surface area contributed by atoms with E-state index in [1.54, 1.807) is 19.4 Å². The predicted molar refractivity (Wildman–Crippen MR) is 125 cm³/mol. The zero-order chi connectivity index (χ0) is 23.2. The number of carbonyl (C=O) groups is 2. The molecule has 0 bridgehead atoms. The Kier molecular flexibility index (Phi) is 5.35. The molecular formula is C26H29N3O4. The van der Waals surface area contributed by atoms with Crippen molar-refractivity contribution in [2.24, 2.45) is 5.41 Å². The van der Waals surface area contributed by atoms with Gasteiger partial charge in [-0.05, 0) is 57.2 Å². The molecule has 1 aliphatic carbocycles. The normalized spacial score (nSPS) is 17.7. The minimum Gasteiger partial charge on any atom is -0.481 e. The maximum Gasteiger partial charge on any atom is 0.255 e. The topological polar surface area (TPSA) is 84.7 Å². The fraction of sp³-hybridized carbons (Fsp3) is 0.423. The van der Waals surface area contributed by atoms with Crippen LogP contribution in [0.25, 0.3) is 11.0 Å². The van der Waals surface area contributed by atoms with E-state index in [0.29, 0.717) is 17.0 Å². The molecule has 5 rings (SSSR count). The third kappa shape index (κ3) is 4.08. The van der Waals surface area contributed by atoms with Crippen LogP contribution in [-0.2, 0) is 0 Å². The van der Waals surface area contributed by atoms with E-state index in [1.165, 1.54) is 0 Å². The van der Waals surface area contributed by atoms with Gasteiger partial charge in [0.2, 0.25) is 5.88 Å². The third-order valence-corrected chi connectivity index (χ3v) is 7.08. The Hall–Kier alpha value is -3.35. The van der Waals surface area contributed by atoms with Gasteiger partial charge >= 0.3 is 0 Å². The molecule has 172 valence electrons. The number of benzene rings is 1. The van der Waals surface area contributed by atoms with Gasteiger partial charge in [0, 0.05) is 47.3 Å². The van der Waals surface area contributed by atoms with E-state index >= 15 is 0 Å². The average molecular weight is 448 g/mol. The van der Waals surface area contributed by atoms with Crippen molar-refractivity contribution >= 4 is 22.8 Å². The van der Waals surface area contributed by atoms with Crippen molar-refractivity contribution in [3.05, 3.63) is 59.0 Å². The Morgan fingerprint density at radius 2 is 1.91 bits per heavy atom. The van der Waals surface area contributed by atoms with Gasteiger partial charge in [-0.1, -0.05) is 12.1 Å². The number of nitrogens with zero attached hydrogens (tertiary/aromatic N) is 2. The smallest absolute Gasteiger partial charge is 0.255 e. The van der Waals surface area contributed by atoms with Crippen molar-refractivity contribution in [3.63, 3.8) is 0 Å². The first kappa shape index (κ1) is 21.5. The lowest BCUT2D eigenvalue weighted by Crippen LogP contribution is -2.60. The minimum atomic E-state index is -0.0778. The van der Waals surface area contributed by atoms with Crippen LogP contribution in [0.4, 0.5) is 0 Å². The molecule has 1 spiro atoms. The highest BCUT2D eigenvalue weighted by Gasteiger charge is 2.47. The monoisotopic (exact) mass is 447 g/mol. The molecule has 2 aliphatic rings. The molecule has 2 aromatic heterocycles. The van der Waals surface area contributed by atoms with E-state index in [-0.39, 0.29) is 23.3 Å². The Bertz CT molecular complexity index is 1220. The molecular weight excluding hydrogens is 418 g/mol. The summed E-state index contributed by atoms with van der Waals surface area (Å²) < 4.78 is 10.8. The largest absolute Gasteiger partial charge is 0.481 e. The van der Waals surface area contributed by atoms with Crippen molar-refractivity contribution in [2.45, 2.75) is 45.6 Å². The van der Waals surface area contributed by atoms with Gasteiger partial charge < -0.3 is 19.4 Å². The van der Waals surface area contributed by atoms with Crippen LogP contribution in [0.1, 0.15) is 57.7 Å². The van der Waals surface area contributed by atoms with Gasteiger partial charge in [-0.2, -0.15) is 0 Å². The zero-order valence-electron chi connectivity index (χ0n) is 19.3. The summed E-state index contributed by atoms with van der Waals surface area (Å²) in [6.45, 7) is 5.40. The van der Waals surface area contributed by atoms with Crippen LogP contribution in [-0.4, -0.2) is 47.9 Å². The molecule has 0 unspecified atom stereocenters. The summed E-state index contributed by atoms with van der Waals surface area (Å²) in [6, 6.07) is 9.54. The van der Waals surface area contributed by atoms with E-state index in [9.17, 15) is 9.59 Å². The molecule has 7 nitrogen and oxygen atoms in total. The van der Waals surface area contributed by atoms with Crippen LogP contribution in [0.3, 0.4) is 0 Å². The molecule has 2 amide bonds. The lowest BCUT2D eigenvalue weighted by molar-refractivity contribution is -0.0198. The van der Waals surface area contributed by atoms with E-state index in [1.807, 2.05) is 43.0 Å². The molecule has 3 heterocycles. The number of likely N-dealkylation sites (tertiary alicyclic amines) is 1. The fourth-order valence-corrected chi connectivity index (χ4v) is 5.22. The number of carbonyl (C=O) groups excluding carboxylic acids is 2. The Balaban J connectivity index is 1.16. The van der Waals surface area contributed by atoms with Gasteiger partial charge in [0.1, 0.15) is 11.8 Å². The van der Waals surface area contributed by atoms with E-state index in [0.717, 1.165) is 61.0 Å². The molecule has 2 fully saturated rings. The van der Waals surface area contributed by atoms with Crippen molar-refractivity contribution in [1.29, 1.82) is 0 Å². The second-order valence-electron chi connectivity index (χ2n) is 9.60. The highest BCUT2D eigenvalue weighted by molar-refractivity contribution is 6.06. The molecule has 7 heteroatoms. The number of furan rings is 1. The minimum absolute atomic E-state index is 0.0296. The van der Waals surface area contributed by atoms with E-state index in [2.05, 4.69) is 10.3 Å². The number of fused-ring (bicyclic) bond motifs is 1. The number of aromatic nitrogens is 1. The molecule has 33 heavy (non-hydrogen) atoms. The van der Waals surface area contributed by atoms with Gasteiger partial charge in [-0.15, -0.1) is 0 Å². The number of hydrogen-bond acceptors (Lipinski definition) is 5. The van der Waals surface area contributed by atoms with Crippen LogP contribution >= 0.6 is 0 Å². The molecule has 1 saturated carbocycles. The quantitative estimate of drug-likeness (QED) is 0.646. The van der Waals surface area contributed by atoms with Crippen LogP contribution in [0.15, 0.2) is 41.0 Å². The number of methoxy groups -OCH3 is 1. The maximum absolute atomic E-state index is 12.9. The van der Waals surface area contributed by atoms with Crippen molar-refractivity contribution in [1.82, 2.24) is 15.2 Å². The molecule has 1 N–H and O–H groups in total.